The fourth-order valence-corrected chi connectivity index (χ4v) is 3.59. The molecule has 0 radical (unpaired) electrons. The van der Waals surface area contributed by atoms with Gasteiger partial charge in [0.1, 0.15) is 0 Å². The van der Waals surface area contributed by atoms with E-state index in [4.69, 9.17) is 11.6 Å². The molecule has 1 N–H and O–H groups in total. The summed E-state index contributed by atoms with van der Waals surface area (Å²) in [7, 11) is 4.02. The summed E-state index contributed by atoms with van der Waals surface area (Å²) in [6.45, 7) is 2.98. The summed E-state index contributed by atoms with van der Waals surface area (Å²) in [6.07, 6.45) is 0. The lowest BCUT2D eigenvalue weighted by Gasteiger charge is -2.21. The van der Waals surface area contributed by atoms with Gasteiger partial charge in [-0.25, -0.2) is 0 Å². The molecule has 0 amide bonds. The molecule has 0 fully saturated rings. The van der Waals surface area contributed by atoms with Gasteiger partial charge in [-0.15, -0.1) is 11.3 Å². The minimum atomic E-state index is 0.259. The molecular formula is C15H18BrClN2S. The highest BCUT2D eigenvalue weighted by Gasteiger charge is 2.10. The van der Waals surface area contributed by atoms with E-state index in [-0.39, 0.29) is 6.04 Å². The summed E-state index contributed by atoms with van der Waals surface area (Å²) in [5.41, 5.74) is 3.56. The smallest absolute Gasteiger partial charge is 0.0701 e. The van der Waals surface area contributed by atoms with E-state index in [1.165, 1.54) is 5.56 Å². The van der Waals surface area contributed by atoms with Crippen LogP contribution in [-0.2, 0) is 6.54 Å². The molecule has 2 aromatic rings. The van der Waals surface area contributed by atoms with Gasteiger partial charge in [0.05, 0.1) is 3.79 Å². The van der Waals surface area contributed by atoms with Crippen LogP contribution < -0.4 is 10.2 Å². The van der Waals surface area contributed by atoms with Crippen LogP contribution in [0.1, 0.15) is 24.1 Å². The first-order chi connectivity index (χ1) is 9.51. The van der Waals surface area contributed by atoms with Crippen molar-refractivity contribution in [3.63, 3.8) is 0 Å². The number of halogens is 2. The Labute approximate surface area is 137 Å². The Morgan fingerprint density at radius 2 is 2.15 bits per heavy atom. The van der Waals surface area contributed by atoms with Crippen molar-refractivity contribution >= 4 is 44.6 Å². The van der Waals surface area contributed by atoms with Crippen LogP contribution in [0.25, 0.3) is 0 Å². The average Bonchev–Trinajstić information content (AvgIpc) is 2.83. The largest absolute Gasteiger partial charge is 0.370 e. The Hall–Kier alpha value is -0.550. The SMILES string of the molecule is CNC(C)c1ccc(N(C)Cc2csc(Br)c2)cc1Cl. The number of nitrogens with one attached hydrogen (secondary N) is 1. The van der Waals surface area contributed by atoms with Crippen molar-refractivity contribution in [2.45, 2.75) is 19.5 Å². The highest BCUT2D eigenvalue weighted by molar-refractivity contribution is 9.11. The molecule has 20 heavy (non-hydrogen) atoms. The predicted octanol–water partition coefficient (Wildman–Crippen LogP) is 5.08. The second-order valence-electron chi connectivity index (χ2n) is 4.83. The highest BCUT2D eigenvalue weighted by atomic mass is 79.9. The molecule has 0 aliphatic rings. The monoisotopic (exact) mass is 372 g/mol. The summed E-state index contributed by atoms with van der Waals surface area (Å²) in [6, 6.07) is 8.66. The quantitative estimate of drug-likeness (QED) is 0.786. The molecule has 1 atom stereocenters. The average molecular weight is 374 g/mol. The van der Waals surface area contributed by atoms with Crippen LogP contribution in [0.5, 0.6) is 0 Å². The number of hydrogen-bond acceptors (Lipinski definition) is 3. The first-order valence-electron chi connectivity index (χ1n) is 6.42. The Kier molecular flexibility index (Phi) is 5.49. The summed E-state index contributed by atoms with van der Waals surface area (Å²) in [4.78, 5) is 2.20. The van der Waals surface area contributed by atoms with Crippen LogP contribution in [0.3, 0.4) is 0 Å². The van der Waals surface area contributed by atoms with Gasteiger partial charge in [0.2, 0.25) is 0 Å². The van der Waals surface area contributed by atoms with Gasteiger partial charge in [-0.05, 0) is 64.6 Å². The number of rotatable bonds is 5. The predicted molar refractivity (Wildman–Crippen MR) is 93.1 cm³/mol. The topological polar surface area (TPSA) is 15.3 Å². The lowest BCUT2D eigenvalue weighted by Crippen LogP contribution is -2.17. The van der Waals surface area contributed by atoms with Crippen LogP contribution in [0.15, 0.2) is 33.4 Å². The van der Waals surface area contributed by atoms with Gasteiger partial charge in [0.25, 0.3) is 0 Å². The van der Waals surface area contributed by atoms with Gasteiger partial charge < -0.3 is 10.2 Å². The Balaban J connectivity index is 2.14. The fourth-order valence-electron chi connectivity index (χ4n) is 2.05. The minimum absolute atomic E-state index is 0.259. The zero-order chi connectivity index (χ0) is 14.7. The van der Waals surface area contributed by atoms with Crippen molar-refractivity contribution in [1.82, 2.24) is 5.32 Å². The van der Waals surface area contributed by atoms with Crippen LogP contribution >= 0.6 is 38.9 Å². The first-order valence-corrected chi connectivity index (χ1v) is 8.47. The molecule has 0 saturated heterocycles. The maximum Gasteiger partial charge on any atom is 0.0701 e. The number of benzene rings is 1. The van der Waals surface area contributed by atoms with Gasteiger partial charge in [0.15, 0.2) is 0 Å². The van der Waals surface area contributed by atoms with Crippen molar-refractivity contribution < 1.29 is 0 Å². The maximum atomic E-state index is 6.38. The summed E-state index contributed by atoms with van der Waals surface area (Å²) < 4.78 is 1.16. The maximum absolute atomic E-state index is 6.38. The molecule has 5 heteroatoms. The van der Waals surface area contributed by atoms with E-state index in [1.54, 1.807) is 11.3 Å². The Morgan fingerprint density at radius 1 is 1.40 bits per heavy atom. The van der Waals surface area contributed by atoms with Gasteiger partial charge in [-0.1, -0.05) is 17.7 Å². The summed E-state index contributed by atoms with van der Waals surface area (Å²) in [5.74, 6) is 0. The third-order valence-electron chi connectivity index (χ3n) is 3.37. The molecule has 2 rings (SSSR count). The third-order valence-corrected chi connectivity index (χ3v) is 5.25. The lowest BCUT2D eigenvalue weighted by atomic mass is 10.1. The molecule has 108 valence electrons. The number of anilines is 1. The summed E-state index contributed by atoms with van der Waals surface area (Å²) in [5, 5.41) is 6.19. The number of nitrogens with zero attached hydrogens (tertiary/aromatic N) is 1. The van der Waals surface area contributed by atoms with Crippen LogP contribution in [0.4, 0.5) is 5.69 Å². The molecule has 0 saturated carbocycles. The van der Waals surface area contributed by atoms with E-state index < -0.39 is 0 Å². The van der Waals surface area contributed by atoms with Gasteiger partial charge in [-0.2, -0.15) is 0 Å². The lowest BCUT2D eigenvalue weighted by molar-refractivity contribution is 0.652. The van der Waals surface area contributed by atoms with Crippen LogP contribution in [0.2, 0.25) is 5.02 Å². The number of hydrogen-bond donors (Lipinski definition) is 1. The van der Waals surface area contributed by atoms with Gasteiger partial charge in [-0.3, -0.25) is 0 Å². The molecule has 0 aliphatic heterocycles. The first kappa shape index (κ1) is 15.8. The molecule has 0 spiro atoms. The fraction of sp³-hybridized carbons (Fsp3) is 0.333. The van der Waals surface area contributed by atoms with E-state index in [0.29, 0.717) is 0 Å². The normalized spacial score (nSPS) is 12.4. The third kappa shape index (κ3) is 3.76. The van der Waals surface area contributed by atoms with Gasteiger partial charge in [0, 0.05) is 30.3 Å². The number of thiophene rings is 1. The molecule has 1 unspecified atom stereocenters. The van der Waals surface area contributed by atoms with E-state index in [1.807, 2.05) is 13.1 Å². The van der Waals surface area contributed by atoms with Crippen molar-refractivity contribution in [3.05, 3.63) is 49.6 Å². The van der Waals surface area contributed by atoms with Crippen molar-refractivity contribution in [1.29, 1.82) is 0 Å². The Morgan fingerprint density at radius 3 is 2.70 bits per heavy atom. The molecule has 0 bridgehead atoms. The van der Waals surface area contributed by atoms with Crippen LogP contribution in [-0.4, -0.2) is 14.1 Å². The summed E-state index contributed by atoms with van der Waals surface area (Å²) >= 11 is 11.6. The van der Waals surface area contributed by atoms with Gasteiger partial charge >= 0.3 is 0 Å². The van der Waals surface area contributed by atoms with Crippen molar-refractivity contribution in [3.8, 4) is 0 Å². The molecule has 2 nitrogen and oxygen atoms in total. The second kappa shape index (κ2) is 6.94. The second-order valence-corrected chi connectivity index (χ2v) is 7.53. The molecule has 1 aromatic heterocycles. The molecule has 0 aliphatic carbocycles. The standard InChI is InChI=1S/C15H18BrClN2S/c1-10(18-2)13-5-4-12(7-14(13)17)19(3)8-11-6-15(16)20-9-11/h4-7,9-10,18H,8H2,1-3H3. The zero-order valence-corrected chi connectivity index (χ0v) is 14.9. The minimum Gasteiger partial charge on any atom is -0.370 e. The molecule has 1 heterocycles. The van der Waals surface area contributed by atoms with E-state index in [9.17, 15) is 0 Å². The molecular weight excluding hydrogens is 356 g/mol. The Bertz CT molecular complexity index is 585. The van der Waals surface area contributed by atoms with Crippen molar-refractivity contribution in [2.24, 2.45) is 0 Å². The van der Waals surface area contributed by atoms with E-state index in [2.05, 4.69) is 63.7 Å². The van der Waals surface area contributed by atoms with E-state index >= 15 is 0 Å². The van der Waals surface area contributed by atoms with Crippen LogP contribution in [0, 0.1) is 0 Å². The van der Waals surface area contributed by atoms with Crippen molar-refractivity contribution in [2.75, 3.05) is 19.0 Å². The zero-order valence-electron chi connectivity index (χ0n) is 11.8. The highest BCUT2D eigenvalue weighted by Crippen LogP contribution is 2.29. The molecule has 1 aromatic carbocycles. The van der Waals surface area contributed by atoms with E-state index in [0.717, 1.165) is 26.6 Å².